The number of hydrogen-bond acceptors (Lipinski definition) is 6. The highest BCUT2D eigenvalue weighted by Gasteiger charge is 2.33. The molecule has 0 radical (unpaired) electrons. The molecule has 1 fully saturated rings. The van der Waals surface area contributed by atoms with Crippen LogP contribution in [0.25, 0.3) is 5.69 Å². The van der Waals surface area contributed by atoms with Crippen molar-refractivity contribution in [3.63, 3.8) is 0 Å². The third-order valence-electron chi connectivity index (χ3n) is 7.39. The molecular formula is C28H28ClFN6O. The second-order valence-corrected chi connectivity index (χ2v) is 10.1. The van der Waals surface area contributed by atoms with Crippen LogP contribution in [0, 0.1) is 5.82 Å². The molecule has 2 unspecified atom stereocenters. The van der Waals surface area contributed by atoms with Gasteiger partial charge in [0.25, 0.3) is 0 Å². The van der Waals surface area contributed by atoms with Gasteiger partial charge in [0.2, 0.25) is 5.95 Å². The third-order valence-corrected chi connectivity index (χ3v) is 7.59. The van der Waals surface area contributed by atoms with Crippen molar-refractivity contribution < 1.29 is 9.13 Å². The molecule has 190 valence electrons. The summed E-state index contributed by atoms with van der Waals surface area (Å²) in [6.45, 7) is 3.24. The number of benzene rings is 2. The zero-order valence-electron chi connectivity index (χ0n) is 20.8. The first-order chi connectivity index (χ1) is 18.0. The van der Waals surface area contributed by atoms with Crippen molar-refractivity contribution in [2.75, 3.05) is 23.9 Å². The molecule has 1 saturated heterocycles. The molecule has 0 spiro atoms. The molecule has 3 heterocycles. The predicted molar refractivity (Wildman–Crippen MR) is 143 cm³/mol. The Morgan fingerprint density at radius 2 is 1.95 bits per heavy atom. The van der Waals surface area contributed by atoms with Crippen molar-refractivity contribution in [3.8, 4) is 11.4 Å². The van der Waals surface area contributed by atoms with Crippen molar-refractivity contribution in [3.05, 3.63) is 82.8 Å². The van der Waals surface area contributed by atoms with Gasteiger partial charge in [-0.05, 0) is 62.4 Å². The topological polar surface area (TPSA) is 68.1 Å². The van der Waals surface area contributed by atoms with E-state index in [1.54, 1.807) is 19.6 Å². The van der Waals surface area contributed by atoms with Crippen molar-refractivity contribution in [2.24, 2.45) is 0 Å². The Labute approximate surface area is 220 Å². The Morgan fingerprint density at radius 3 is 2.65 bits per heavy atom. The number of methoxy groups -OCH3 is 1. The second kappa shape index (κ2) is 9.67. The van der Waals surface area contributed by atoms with Gasteiger partial charge in [-0.15, -0.1) is 0 Å². The number of aromatic nitrogens is 4. The van der Waals surface area contributed by atoms with Gasteiger partial charge in [-0.2, -0.15) is 4.98 Å². The van der Waals surface area contributed by atoms with Crippen molar-refractivity contribution in [2.45, 2.75) is 44.6 Å². The van der Waals surface area contributed by atoms with Gasteiger partial charge in [0, 0.05) is 42.0 Å². The third kappa shape index (κ3) is 4.50. The summed E-state index contributed by atoms with van der Waals surface area (Å²) < 4.78 is 21.1. The maximum Gasteiger partial charge on any atom is 0.229 e. The van der Waals surface area contributed by atoms with E-state index in [4.69, 9.17) is 26.3 Å². The quantitative estimate of drug-likeness (QED) is 0.324. The predicted octanol–water partition coefficient (Wildman–Crippen LogP) is 6.27. The number of hydrogen-bond donors (Lipinski definition) is 1. The molecule has 4 aromatic rings. The van der Waals surface area contributed by atoms with E-state index in [-0.39, 0.29) is 11.7 Å². The Kier molecular flexibility index (Phi) is 6.20. The summed E-state index contributed by atoms with van der Waals surface area (Å²) >= 11 is 6.01. The molecule has 1 aliphatic carbocycles. The average molecular weight is 519 g/mol. The highest BCUT2D eigenvalue weighted by Crippen LogP contribution is 2.43. The van der Waals surface area contributed by atoms with Crippen LogP contribution >= 0.6 is 11.6 Å². The summed E-state index contributed by atoms with van der Waals surface area (Å²) in [5, 5.41) is 3.82. The van der Waals surface area contributed by atoms with Crippen LogP contribution in [0.1, 0.15) is 48.9 Å². The molecule has 37 heavy (non-hydrogen) atoms. The molecule has 0 bridgehead atoms. The summed E-state index contributed by atoms with van der Waals surface area (Å²) in [5.41, 5.74) is 4.94. The van der Waals surface area contributed by atoms with E-state index >= 15 is 0 Å². The minimum absolute atomic E-state index is 0.110. The first-order valence-electron chi connectivity index (χ1n) is 12.6. The first-order valence-corrected chi connectivity index (χ1v) is 13.0. The lowest BCUT2D eigenvalue weighted by molar-refractivity contribution is 0.413. The van der Waals surface area contributed by atoms with E-state index < -0.39 is 0 Å². The van der Waals surface area contributed by atoms with Crippen molar-refractivity contribution in [1.29, 1.82) is 0 Å². The molecule has 9 heteroatoms. The van der Waals surface area contributed by atoms with Crippen LogP contribution < -0.4 is 15.0 Å². The standard InChI is InChI=1S/C28H28ClFN6O/c1-17-4-3-13-36(17)27-22-11-10-21(18-5-7-19(30)8-6-18)26(22)33-28(34-27)32-20-9-12-23(24(14-20)37-2)35-15-25(29)31-16-35/h5-9,12,14-17,21H,3-4,10-11,13H2,1-2H3,(H,32,33,34). The number of imidazole rings is 1. The number of nitrogens with one attached hydrogen (secondary N) is 1. The van der Waals surface area contributed by atoms with Crippen LogP contribution in [0.2, 0.25) is 5.15 Å². The molecule has 2 atom stereocenters. The van der Waals surface area contributed by atoms with E-state index in [9.17, 15) is 4.39 Å². The van der Waals surface area contributed by atoms with E-state index in [0.717, 1.165) is 60.7 Å². The summed E-state index contributed by atoms with van der Waals surface area (Å²) in [6, 6.07) is 13.0. The monoisotopic (exact) mass is 518 g/mol. The fraction of sp³-hybridized carbons (Fsp3) is 0.321. The largest absolute Gasteiger partial charge is 0.494 e. The highest BCUT2D eigenvalue weighted by atomic mass is 35.5. The minimum Gasteiger partial charge on any atom is -0.494 e. The number of fused-ring (bicyclic) bond motifs is 1. The maximum absolute atomic E-state index is 13.6. The fourth-order valence-corrected chi connectivity index (χ4v) is 5.68. The molecule has 0 saturated carbocycles. The lowest BCUT2D eigenvalue weighted by atomic mass is 9.96. The Bertz CT molecular complexity index is 1440. The number of rotatable bonds is 6. The van der Waals surface area contributed by atoms with Gasteiger partial charge in [0.05, 0.1) is 18.5 Å². The Morgan fingerprint density at radius 1 is 1.11 bits per heavy atom. The van der Waals surface area contributed by atoms with Gasteiger partial charge in [-0.1, -0.05) is 23.7 Å². The van der Waals surface area contributed by atoms with Crippen LogP contribution in [0.4, 0.5) is 21.8 Å². The lowest BCUT2D eigenvalue weighted by Crippen LogP contribution is -2.29. The first kappa shape index (κ1) is 23.7. The van der Waals surface area contributed by atoms with Crippen molar-refractivity contribution >= 4 is 29.1 Å². The van der Waals surface area contributed by atoms with Gasteiger partial charge in [0.1, 0.15) is 28.9 Å². The lowest BCUT2D eigenvalue weighted by Gasteiger charge is -2.26. The molecule has 1 N–H and O–H groups in total. The summed E-state index contributed by atoms with van der Waals surface area (Å²) in [6.07, 6.45) is 7.53. The van der Waals surface area contributed by atoms with E-state index in [0.29, 0.717) is 22.9 Å². The average Bonchev–Trinajstić information content (AvgIpc) is 3.64. The van der Waals surface area contributed by atoms with Gasteiger partial charge >= 0.3 is 0 Å². The smallest absolute Gasteiger partial charge is 0.229 e. The molecule has 1 aliphatic heterocycles. The Balaban J connectivity index is 1.39. The van der Waals surface area contributed by atoms with Crippen LogP contribution in [0.3, 0.4) is 0 Å². The molecular weight excluding hydrogens is 491 g/mol. The van der Waals surface area contributed by atoms with Crippen LogP contribution in [0.5, 0.6) is 5.75 Å². The molecule has 2 aromatic heterocycles. The molecule has 7 nitrogen and oxygen atoms in total. The number of ether oxygens (including phenoxy) is 1. The normalized spacial score (nSPS) is 18.8. The number of anilines is 3. The maximum atomic E-state index is 13.6. The van der Waals surface area contributed by atoms with Crippen LogP contribution in [0.15, 0.2) is 55.0 Å². The van der Waals surface area contributed by atoms with E-state index in [1.165, 1.54) is 17.7 Å². The van der Waals surface area contributed by atoms with Gasteiger partial charge in [-0.25, -0.2) is 14.4 Å². The summed E-state index contributed by atoms with van der Waals surface area (Å²) in [7, 11) is 1.63. The number of halogens is 2. The van der Waals surface area contributed by atoms with Gasteiger partial charge in [0.15, 0.2) is 0 Å². The molecule has 2 aliphatic rings. The van der Waals surface area contributed by atoms with Gasteiger partial charge < -0.3 is 19.5 Å². The zero-order chi connectivity index (χ0) is 25.5. The second-order valence-electron chi connectivity index (χ2n) is 9.68. The minimum atomic E-state index is -0.228. The zero-order valence-corrected chi connectivity index (χ0v) is 21.5. The molecule has 0 amide bonds. The van der Waals surface area contributed by atoms with Crippen molar-refractivity contribution in [1.82, 2.24) is 19.5 Å². The van der Waals surface area contributed by atoms with Crippen LogP contribution in [-0.2, 0) is 6.42 Å². The SMILES string of the molecule is COc1cc(Nc2nc3c(c(N4CCCC4C)n2)CCC3c2ccc(F)cc2)ccc1-n1cnc(Cl)c1. The summed E-state index contributed by atoms with van der Waals surface area (Å²) in [4.78, 5) is 16.5. The van der Waals surface area contributed by atoms with Crippen LogP contribution in [-0.4, -0.2) is 39.2 Å². The molecule has 2 aromatic carbocycles. The van der Waals surface area contributed by atoms with E-state index in [2.05, 4.69) is 22.1 Å². The highest BCUT2D eigenvalue weighted by molar-refractivity contribution is 6.29. The van der Waals surface area contributed by atoms with E-state index in [1.807, 2.05) is 34.9 Å². The fourth-order valence-electron chi connectivity index (χ4n) is 5.53. The Hall–Kier alpha value is -3.65. The molecule has 6 rings (SSSR count). The van der Waals surface area contributed by atoms with Gasteiger partial charge in [-0.3, -0.25) is 0 Å². The number of nitrogens with zero attached hydrogens (tertiary/aromatic N) is 5. The summed E-state index contributed by atoms with van der Waals surface area (Å²) in [5.74, 6) is 2.10.